The van der Waals surface area contributed by atoms with Crippen molar-refractivity contribution in [1.29, 1.82) is 0 Å². The van der Waals surface area contributed by atoms with Crippen molar-refractivity contribution < 1.29 is 9.59 Å². The van der Waals surface area contributed by atoms with Gasteiger partial charge in [0.2, 0.25) is 16.9 Å². The molecule has 2 rings (SSSR count). The van der Waals surface area contributed by atoms with Gasteiger partial charge in [-0.2, -0.15) is 0 Å². The minimum atomic E-state index is -0.623. The Bertz CT molecular complexity index is 799. The van der Waals surface area contributed by atoms with E-state index >= 15 is 0 Å². The van der Waals surface area contributed by atoms with Crippen molar-refractivity contribution in [2.75, 3.05) is 5.32 Å². The van der Waals surface area contributed by atoms with Crippen molar-refractivity contribution in [1.82, 2.24) is 15.5 Å². The first kappa shape index (κ1) is 21.5. The van der Waals surface area contributed by atoms with Crippen LogP contribution >= 0.6 is 27.3 Å². The van der Waals surface area contributed by atoms with Gasteiger partial charge in [-0.15, -0.1) is 10.2 Å². The van der Waals surface area contributed by atoms with E-state index in [0.717, 1.165) is 21.5 Å². The number of halogens is 1. The Morgan fingerprint density at radius 2 is 1.81 bits per heavy atom. The zero-order valence-electron chi connectivity index (χ0n) is 16.2. The summed E-state index contributed by atoms with van der Waals surface area (Å²) in [6, 6.07) is 7.09. The highest BCUT2D eigenvalue weighted by molar-refractivity contribution is 9.10. The Hall–Kier alpha value is -1.80. The standard InChI is InChI=1S/C19H25BrN4O2S/c1-6-11(2)14(21-17(26)19(3,4)5)15(25)22-18-24-23-16(27-18)12-7-9-13(20)10-8-12/h7-11,14H,6H2,1-5H3,(H,21,26)(H,22,24,25). The van der Waals surface area contributed by atoms with Gasteiger partial charge in [0.15, 0.2) is 0 Å². The maximum Gasteiger partial charge on any atom is 0.249 e. The van der Waals surface area contributed by atoms with E-state index in [1.165, 1.54) is 11.3 Å². The molecule has 27 heavy (non-hydrogen) atoms. The molecule has 2 unspecified atom stereocenters. The predicted octanol–water partition coefficient (Wildman–Crippen LogP) is 4.48. The first-order valence-electron chi connectivity index (χ1n) is 8.83. The molecule has 146 valence electrons. The van der Waals surface area contributed by atoms with Crippen LogP contribution in [0, 0.1) is 11.3 Å². The van der Waals surface area contributed by atoms with Gasteiger partial charge >= 0.3 is 0 Å². The molecule has 6 nitrogen and oxygen atoms in total. The van der Waals surface area contributed by atoms with Crippen LogP contribution in [0.3, 0.4) is 0 Å². The largest absolute Gasteiger partial charge is 0.344 e. The van der Waals surface area contributed by atoms with Crippen molar-refractivity contribution in [3.05, 3.63) is 28.7 Å². The lowest BCUT2D eigenvalue weighted by Gasteiger charge is -2.27. The average molecular weight is 453 g/mol. The van der Waals surface area contributed by atoms with E-state index in [1.54, 1.807) is 0 Å². The van der Waals surface area contributed by atoms with Crippen LogP contribution in [0.25, 0.3) is 10.6 Å². The molecule has 1 aromatic carbocycles. The number of anilines is 1. The SMILES string of the molecule is CCC(C)C(NC(=O)C(C)(C)C)C(=O)Nc1nnc(-c2ccc(Br)cc2)s1. The molecular weight excluding hydrogens is 428 g/mol. The third kappa shape index (κ3) is 5.84. The molecule has 8 heteroatoms. The molecular formula is C19H25BrN4O2S. The first-order chi connectivity index (χ1) is 12.6. The molecule has 2 amide bonds. The summed E-state index contributed by atoms with van der Waals surface area (Å²) in [5.74, 6) is -0.439. The molecule has 2 N–H and O–H groups in total. The van der Waals surface area contributed by atoms with E-state index in [2.05, 4.69) is 36.8 Å². The van der Waals surface area contributed by atoms with Gasteiger partial charge in [-0.25, -0.2) is 0 Å². The molecule has 0 bridgehead atoms. The van der Waals surface area contributed by atoms with Crippen LogP contribution in [0.1, 0.15) is 41.0 Å². The molecule has 0 aliphatic carbocycles. The summed E-state index contributed by atoms with van der Waals surface area (Å²) in [4.78, 5) is 25.1. The molecule has 0 saturated carbocycles. The van der Waals surface area contributed by atoms with Crippen LogP contribution in [0.2, 0.25) is 0 Å². The molecule has 0 aliphatic rings. The van der Waals surface area contributed by atoms with Crippen LogP contribution in [0.5, 0.6) is 0 Å². The fourth-order valence-electron chi connectivity index (χ4n) is 2.23. The monoisotopic (exact) mass is 452 g/mol. The summed E-state index contributed by atoms with van der Waals surface area (Å²) in [6.07, 6.45) is 0.767. The minimum absolute atomic E-state index is 0.00448. The van der Waals surface area contributed by atoms with E-state index in [4.69, 9.17) is 0 Å². The molecule has 1 heterocycles. The summed E-state index contributed by atoms with van der Waals surface area (Å²) in [5.41, 5.74) is 0.361. The van der Waals surface area contributed by atoms with Crippen molar-refractivity contribution in [3.63, 3.8) is 0 Å². The van der Waals surface area contributed by atoms with Crippen molar-refractivity contribution >= 4 is 44.2 Å². The van der Waals surface area contributed by atoms with Gasteiger partial charge < -0.3 is 5.32 Å². The number of aromatic nitrogens is 2. The number of rotatable bonds is 6. The number of nitrogens with zero attached hydrogens (tertiary/aromatic N) is 2. The maximum atomic E-state index is 12.8. The number of carbonyl (C=O) groups is 2. The van der Waals surface area contributed by atoms with Gasteiger partial charge in [0, 0.05) is 15.5 Å². The second kappa shape index (κ2) is 8.93. The number of carbonyl (C=O) groups excluding carboxylic acids is 2. The van der Waals surface area contributed by atoms with Crippen LogP contribution in [-0.4, -0.2) is 28.1 Å². The topological polar surface area (TPSA) is 84.0 Å². The molecule has 0 aliphatic heterocycles. The zero-order chi connectivity index (χ0) is 20.2. The third-order valence-electron chi connectivity index (χ3n) is 4.21. The zero-order valence-corrected chi connectivity index (χ0v) is 18.6. The highest BCUT2D eigenvalue weighted by Crippen LogP contribution is 2.27. The Balaban J connectivity index is 2.13. The maximum absolute atomic E-state index is 12.8. The number of hydrogen-bond donors (Lipinski definition) is 2. The Labute approximate surface area is 172 Å². The van der Waals surface area contributed by atoms with E-state index in [9.17, 15) is 9.59 Å². The molecule has 0 fully saturated rings. The number of hydrogen-bond acceptors (Lipinski definition) is 5. The fourth-order valence-corrected chi connectivity index (χ4v) is 3.24. The van der Waals surface area contributed by atoms with Gasteiger partial charge in [0.25, 0.3) is 0 Å². The lowest BCUT2D eigenvalue weighted by molar-refractivity contribution is -0.132. The predicted molar refractivity (Wildman–Crippen MR) is 113 cm³/mol. The van der Waals surface area contributed by atoms with Gasteiger partial charge in [0.1, 0.15) is 11.0 Å². The number of nitrogens with one attached hydrogen (secondary N) is 2. The normalized spacial score (nSPS) is 13.7. The fraction of sp³-hybridized carbons (Fsp3) is 0.474. The molecule has 0 radical (unpaired) electrons. The molecule has 1 aromatic heterocycles. The Morgan fingerprint density at radius 3 is 2.37 bits per heavy atom. The Kier molecular flexibility index (Phi) is 7.11. The van der Waals surface area contributed by atoms with Crippen LogP contribution in [0.15, 0.2) is 28.7 Å². The smallest absolute Gasteiger partial charge is 0.249 e. The summed E-state index contributed by atoms with van der Waals surface area (Å²) >= 11 is 4.70. The quantitative estimate of drug-likeness (QED) is 0.676. The molecule has 2 atom stereocenters. The second-order valence-corrected chi connectivity index (χ2v) is 9.39. The van der Waals surface area contributed by atoms with Gasteiger partial charge in [-0.3, -0.25) is 14.9 Å². The summed E-state index contributed by atoms with van der Waals surface area (Å²) in [7, 11) is 0. The summed E-state index contributed by atoms with van der Waals surface area (Å²) in [5, 5.41) is 15.0. The van der Waals surface area contributed by atoms with Gasteiger partial charge in [-0.05, 0) is 18.1 Å². The number of amides is 2. The number of benzene rings is 1. The summed E-state index contributed by atoms with van der Waals surface area (Å²) in [6.45, 7) is 9.40. The first-order valence-corrected chi connectivity index (χ1v) is 10.4. The molecule has 0 spiro atoms. The third-order valence-corrected chi connectivity index (χ3v) is 5.63. The van der Waals surface area contributed by atoms with E-state index < -0.39 is 11.5 Å². The van der Waals surface area contributed by atoms with Gasteiger partial charge in [0.05, 0.1) is 0 Å². The van der Waals surface area contributed by atoms with Crippen molar-refractivity contribution in [3.8, 4) is 10.6 Å². The minimum Gasteiger partial charge on any atom is -0.344 e. The lowest BCUT2D eigenvalue weighted by Crippen LogP contribution is -2.50. The molecule has 0 saturated heterocycles. The van der Waals surface area contributed by atoms with Crippen LogP contribution in [-0.2, 0) is 9.59 Å². The molecule has 2 aromatic rings. The highest BCUT2D eigenvalue weighted by Gasteiger charge is 2.31. The Morgan fingerprint density at radius 1 is 1.19 bits per heavy atom. The van der Waals surface area contributed by atoms with Gasteiger partial charge in [-0.1, -0.05) is 80.4 Å². The van der Waals surface area contributed by atoms with E-state index in [0.29, 0.717) is 5.13 Å². The second-order valence-electron chi connectivity index (χ2n) is 7.50. The summed E-state index contributed by atoms with van der Waals surface area (Å²) < 4.78 is 0.982. The average Bonchev–Trinajstić information content (AvgIpc) is 3.06. The van der Waals surface area contributed by atoms with Crippen LogP contribution < -0.4 is 10.6 Å². The lowest BCUT2D eigenvalue weighted by atomic mass is 9.92. The van der Waals surface area contributed by atoms with Crippen molar-refractivity contribution in [2.24, 2.45) is 11.3 Å². The van der Waals surface area contributed by atoms with Crippen molar-refractivity contribution in [2.45, 2.75) is 47.1 Å². The highest BCUT2D eigenvalue weighted by atomic mass is 79.9. The van der Waals surface area contributed by atoms with E-state index in [-0.39, 0.29) is 17.7 Å². The van der Waals surface area contributed by atoms with E-state index in [1.807, 2.05) is 58.9 Å². The van der Waals surface area contributed by atoms with Crippen LogP contribution in [0.4, 0.5) is 5.13 Å².